The summed E-state index contributed by atoms with van der Waals surface area (Å²) in [6.07, 6.45) is 2.14. The highest BCUT2D eigenvalue weighted by Crippen LogP contribution is 2.17. The van der Waals surface area contributed by atoms with Gasteiger partial charge in [-0.3, -0.25) is 4.79 Å². The average molecular weight is 380 g/mol. The molecule has 2 aromatic carbocycles. The summed E-state index contributed by atoms with van der Waals surface area (Å²) in [4.78, 5) is 26.1. The Hall–Kier alpha value is -2.86. The number of nitrogens with two attached hydrogens (primary N) is 1. The van der Waals surface area contributed by atoms with Gasteiger partial charge in [0.05, 0.1) is 0 Å². The Morgan fingerprint density at radius 2 is 1.96 bits per heavy atom. The van der Waals surface area contributed by atoms with Gasteiger partial charge in [-0.05, 0) is 55.5 Å². The number of rotatable bonds is 7. The van der Waals surface area contributed by atoms with E-state index in [4.69, 9.17) is 5.73 Å². The molecule has 6 heteroatoms. The van der Waals surface area contributed by atoms with Crippen LogP contribution < -0.4 is 16.4 Å². The summed E-state index contributed by atoms with van der Waals surface area (Å²) in [5.74, 6) is -0.0381. The Kier molecular flexibility index (Phi) is 6.66. The Bertz CT molecular complexity index is 823. The van der Waals surface area contributed by atoms with E-state index in [0.717, 1.165) is 38.0 Å². The van der Waals surface area contributed by atoms with Crippen molar-refractivity contribution in [1.29, 1.82) is 0 Å². The normalized spacial score (nSPS) is 16.7. The second kappa shape index (κ2) is 9.37. The lowest BCUT2D eigenvalue weighted by molar-refractivity contribution is 0.0999. The van der Waals surface area contributed by atoms with Crippen LogP contribution in [0.15, 0.2) is 48.5 Å². The molecule has 0 bridgehead atoms. The molecule has 28 heavy (non-hydrogen) atoms. The van der Waals surface area contributed by atoms with E-state index in [1.54, 1.807) is 18.2 Å². The molecule has 1 heterocycles. The number of amides is 3. The smallest absolute Gasteiger partial charge is 0.319 e. The summed E-state index contributed by atoms with van der Waals surface area (Å²) in [6.45, 7) is 5.58. The van der Waals surface area contributed by atoms with Gasteiger partial charge in [-0.2, -0.15) is 0 Å². The maximum absolute atomic E-state index is 12.2. The van der Waals surface area contributed by atoms with E-state index in [1.807, 2.05) is 13.0 Å². The van der Waals surface area contributed by atoms with Crippen molar-refractivity contribution >= 4 is 17.6 Å². The number of carbonyl (C=O) groups excluding carboxylic acids is 2. The maximum atomic E-state index is 12.2. The number of likely N-dealkylation sites (tertiary alicyclic amines) is 1. The molecule has 1 saturated heterocycles. The number of aryl methyl sites for hydroxylation is 1. The molecule has 0 aliphatic carbocycles. The zero-order valence-electron chi connectivity index (χ0n) is 16.3. The van der Waals surface area contributed by atoms with E-state index in [0.29, 0.717) is 23.7 Å². The Labute approximate surface area is 166 Å². The number of carbonyl (C=O) groups is 2. The van der Waals surface area contributed by atoms with Crippen molar-refractivity contribution in [2.24, 2.45) is 11.7 Å². The van der Waals surface area contributed by atoms with E-state index >= 15 is 0 Å². The minimum Gasteiger partial charge on any atom is -0.366 e. The number of primary amides is 1. The van der Waals surface area contributed by atoms with E-state index in [2.05, 4.69) is 39.8 Å². The SMILES string of the molecule is Cc1ccc(NC(=O)NCC2CCN(CCc3ccccc3)C2)cc1C(N)=O. The standard InChI is InChI=1S/C22H28N4O2/c1-16-7-8-19(13-20(16)21(23)27)25-22(28)24-14-18-10-12-26(15-18)11-9-17-5-3-2-4-6-17/h2-8,13,18H,9-12,14-15H2,1H3,(H2,23,27)(H2,24,25,28). The first-order chi connectivity index (χ1) is 13.5. The minimum atomic E-state index is -0.497. The summed E-state index contributed by atoms with van der Waals surface area (Å²) >= 11 is 0. The number of benzene rings is 2. The molecular formula is C22H28N4O2. The lowest BCUT2D eigenvalue weighted by Gasteiger charge is -2.16. The molecule has 0 radical (unpaired) electrons. The Balaban J connectivity index is 1.40. The molecule has 0 aromatic heterocycles. The van der Waals surface area contributed by atoms with Crippen LogP contribution in [0.25, 0.3) is 0 Å². The number of anilines is 1. The van der Waals surface area contributed by atoms with E-state index in [-0.39, 0.29) is 6.03 Å². The van der Waals surface area contributed by atoms with Gasteiger partial charge in [-0.15, -0.1) is 0 Å². The second-order valence-corrected chi connectivity index (χ2v) is 7.42. The summed E-state index contributed by atoms with van der Waals surface area (Å²) in [5, 5.41) is 5.71. The van der Waals surface area contributed by atoms with Crippen LogP contribution in [0.5, 0.6) is 0 Å². The maximum Gasteiger partial charge on any atom is 0.319 e. The second-order valence-electron chi connectivity index (χ2n) is 7.42. The third-order valence-corrected chi connectivity index (χ3v) is 5.24. The van der Waals surface area contributed by atoms with Gasteiger partial charge < -0.3 is 21.3 Å². The fourth-order valence-corrected chi connectivity index (χ4v) is 3.59. The largest absolute Gasteiger partial charge is 0.366 e. The highest BCUT2D eigenvalue weighted by atomic mass is 16.2. The van der Waals surface area contributed by atoms with Crippen LogP contribution in [0.1, 0.15) is 27.9 Å². The van der Waals surface area contributed by atoms with Gasteiger partial charge in [0.25, 0.3) is 0 Å². The molecular weight excluding hydrogens is 352 g/mol. The van der Waals surface area contributed by atoms with Crippen LogP contribution >= 0.6 is 0 Å². The van der Waals surface area contributed by atoms with Gasteiger partial charge in [-0.25, -0.2) is 4.79 Å². The number of nitrogens with zero attached hydrogens (tertiary/aromatic N) is 1. The van der Waals surface area contributed by atoms with Crippen LogP contribution in [0.4, 0.5) is 10.5 Å². The lowest BCUT2D eigenvalue weighted by atomic mass is 10.1. The molecule has 3 rings (SSSR count). The molecule has 6 nitrogen and oxygen atoms in total. The zero-order chi connectivity index (χ0) is 19.9. The first-order valence-corrected chi connectivity index (χ1v) is 9.73. The van der Waals surface area contributed by atoms with Gasteiger partial charge >= 0.3 is 6.03 Å². The zero-order valence-corrected chi connectivity index (χ0v) is 16.3. The van der Waals surface area contributed by atoms with Crippen LogP contribution in [0, 0.1) is 12.8 Å². The predicted molar refractivity (Wildman–Crippen MR) is 111 cm³/mol. The highest BCUT2D eigenvalue weighted by Gasteiger charge is 2.22. The van der Waals surface area contributed by atoms with Crippen LogP contribution in [-0.4, -0.2) is 43.0 Å². The topological polar surface area (TPSA) is 87.5 Å². The van der Waals surface area contributed by atoms with Gasteiger partial charge in [0.1, 0.15) is 0 Å². The number of hydrogen-bond donors (Lipinski definition) is 3. The highest BCUT2D eigenvalue weighted by molar-refractivity contribution is 5.97. The van der Waals surface area contributed by atoms with Crippen LogP contribution in [0.2, 0.25) is 0 Å². The van der Waals surface area contributed by atoms with Crippen LogP contribution in [0.3, 0.4) is 0 Å². The molecule has 3 amide bonds. The van der Waals surface area contributed by atoms with Gasteiger partial charge in [-0.1, -0.05) is 36.4 Å². The van der Waals surface area contributed by atoms with E-state index in [1.165, 1.54) is 5.56 Å². The van der Waals surface area contributed by atoms with Gasteiger partial charge in [0.15, 0.2) is 0 Å². The molecule has 1 aliphatic heterocycles. The first-order valence-electron chi connectivity index (χ1n) is 9.73. The Morgan fingerprint density at radius 3 is 2.71 bits per heavy atom. The van der Waals surface area contributed by atoms with Crippen molar-refractivity contribution in [3.63, 3.8) is 0 Å². The molecule has 4 N–H and O–H groups in total. The summed E-state index contributed by atoms with van der Waals surface area (Å²) in [7, 11) is 0. The molecule has 2 aromatic rings. The fourth-order valence-electron chi connectivity index (χ4n) is 3.59. The third-order valence-electron chi connectivity index (χ3n) is 5.24. The predicted octanol–water partition coefficient (Wildman–Crippen LogP) is 2.78. The molecule has 0 spiro atoms. The number of nitrogens with one attached hydrogen (secondary N) is 2. The van der Waals surface area contributed by atoms with E-state index in [9.17, 15) is 9.59 Å². The molecule has 1 unspecified atom stereocenters. The fraction of sp³-hybridized carbons (Fsp3) is 0.364. The van der Waals surface area contributed by atoms with Crippen molar-refractivity contribution in [1.82, 2.24) is 10.2 Å². The van der Waals surface area contributed by atoms with Crippen molar-refractivity contribution in [2.45, 2.75) is 19.8 Å². The molecule has 148 valence electrons. The quantitative estimate of drug-likeness (QED) is 0.690. The van der Waals surface area contributed by atoms with Gasteiger partial charge in [0.2, 0.25) is 5.91 Å². The Morgan fingerprint density at radius 1 is 1.18 bits per heavy atom. The summed E-state index contributed by atoms with van der Waals surface area (Å²) in [5.41, 5.74) is 8.49. The third kappa shape index (κ3) is 5.57. The molecule has 1 aliphatic rings. The monoisotopic (exact) mass is 380 g/mol. The van der Waals surface area contributed by atoms with Gasteiger partial charge in [0, 0.05) is 30.9 Å². The molecule has 1 atom stereocenters. The van der Waals surface area contributed by atoms with Crippen LogP contribution in [-0.2, 0) is 6.42 Å². The number of hydrogen-bond acceptors (Lipinski definition) is 3. The number of urea groups is 1. The van der Waals surface area contributed by atoms with E-state index < -0.39 is 5.91 Å². The first kappa shape index (κ1) is 19.9. The van der Waals surface area contributed by atoms with Crippen molar-refractivity contribution in [2.75, 3.05) is 31.5 Å². The minimum absolute atomic E-state index is 0.262. The molecule has 1 fully saturated rings. The lowest BCUT2D eigenvalue weighted by Crippen LogP contribution is -2.34. The molecule has 0 saturated carbocycles. The average Bonchev–Trinajstić information content (AvgIpc) is 3.15. The van der Waals surface area contributed by atoms with Crippen molar-refractivity contribution in [3.8, 4) is 0 Å². The van der Waals surface area contributed by atoms with Crippen molar-refractivity contribution in [3.05, 3.63) is 65.2 Å². The summed E-state index contributed by atoms with van der Waals surface area (Å²) in [6, 6.07) is 15.4. The van der Waals surface area contributed by atoms with Crippen molar-refractivity contribution < 1.29 is 9.59 Å². The summed E-state index contributed by atoms with van der Waals surface area (Å²) < 4.78 is 0.